The fourth-order valence-corrected chi connectivity index (χ4v) is 4.70. The van der Waals surface area contributed by atoms with Crippen LogP contribution in [0.5, 0.6) is 0 Å². The maximum atomic E-state index is 12.9. The predicted molar refractivity (Wildman–Crippen MR) is 104 cm³/mol. The van der Waals surface area contributed by atoms with E-state index in [4.69, 9.17) is 11.6 Å². The van der Waals surface area contributed by atoms with Crippen LogP contribution in [-0.4, -0.2) is 22.8 Å². The molecule has 3 heterocycles. The Bertz CT molecular complexity index is 1020. The Balaban J connectivity index is 1.43. The van der Waals surface area contributed by atoms with Crippen molar-refractivity contribution in [3.05, 3.63) is 59.1 Å². The second-order valence-electron chi connectivity index (χ2n) is 6.66. The van der Waals surface area contributed by atoms with E-state index >= 15 is 0 Å². The number of para-hydroxylation sites is 1. The molecule has 3 aromatic rings. The minimum atomic E-state index is -0.736. The number of rotatable bonds is 2. The number of thiazole rings is 1. The van der Waals surface area contributed by atoms with E-state index in [9.17, 15) is 9.59 Å². The van der Waals surface area contributed by atoms with Crippen LogP contribution in [0.25, 0.3) is 10.2 Å². The van der Waals surface area contributed by atoms with Gasteiger partial charge < -0.3 is 0 Å². The molecule has 0 saturated carbocycles. The van der Waals surface area contributed by atoms with Crippen LogP contribution in [-0.2, 0) is 9.59 Å². The number of benzene rings is 2. The number of anilines is 1. The van der Waals surface area contributed by atoms with Crippen molar-refractivity contribution in [1.29, 1.82) is 0 Å². The number of amides is 1. The summed E-state index contributed by atoms with van der Waals surface area (Å²) in [5.41, 5.74) is 4.94. The summed E-state index contributed by atoms with van der Waals surface area (Å²) in [6, 6.07) is 15.0. The van der Waals surface area contributed by atoms with E-state index in [1.54, 1.807) is 12.1 Å². The van der Waals surface area contributed by atoms with Gasteiger partial charge in [0.2, 0.25) is 5.13 Å². The molecule has 2 aromatic carbocycles. The maximum Gasteiger partial charge on any atom is 0.257 e. The Labute approximate surface area is 164 Å². The van der Waals surface area contributed by atoms with E-state index in [2.05, 4.69) is 15.7 Å². The van der Waals surface area contributed by atoms with Gasteiger partial charge in [-0.15, -0.1) is 0 Å². The second kappa shape index (κ2) is 6.38. The molecule has 1 aromatic heterocycles. The number of hydrogen-bond acceptors (Lipinski definition) is 6. The van der Waals surface area contributed by atoms with Gasteiger partial charge in [-0.3, -0.25) is 14.9 Å². The van der Waals surface area contributed by atoms with Gasteiger partial charge in [0.1, 0.15) is 11.7 Å². The molecule has 3 atom stereocenters. The van der Waals surface area contributed by atoms with E-state index in [-0.39, 0.29) is 24.2 Å². The number of hydrogen-bond donors (Lipinski definition) is 2. The van der Waals surface area contributed by atoms with E-state index in [0.717, 1.165) is 15.8 Å². The Morgan fingerprint density at radius 1 is 1.11 bits per heavy atom. The highest BCUT2D eigenvalue weighted by molar-refractivity contribution is 7.22. The molecule has 136 valence electrons. The van der Waals surface area contributed by atoms with Gasteiger partial charge in [0.05, 0.1) is 16.4 Å². The molecule has 0 aliphatic carbocycles. The highest BCUT2D eigenvalue weighted by atomic mass is 35.5. The van der Waals surface area contributed by atoms with Gasteiger partial charge in [-0.25, -0.2) is 15.4 Å². The lowest BCUT2D eigenvalue weighted by molar-refractivity contribution is -0.133. The number of nitrogens with one attached hydrogen (secondary N) is 2. The number of Topliss-reactive ketones (excluding diaryl/α,β-unsaturated/α-hetero) is 1. The average Bonchev–Trinajstić information content (AvgIpc) is 3.23. The lowest BCUT2D eigenvalue weighted by Gasteiger charge is -2.30. The van der Waals surface area contributed by atoms with Crippen LogP contribution in [0.15, 0.2) is 48.5 Å². The summed E-state index contributed by atoms with van der Waals surface area (Å²) in [7, 11) is 0. The van der Waals surface area contributed by atoms with Gasteiger partial charge in [-0.2, -0.15) is 0 Å². The van der Waals surface area contributed by atoms with Crippen LogP contribution in [0, 0.1) is 5.92 Å². The molecule has 2 fully saturated rings. The van der Waals surface area contributed by atoms with E-state index in [0.29, 0.717) is 10.2 Å². The van der Waals surface area contributed by atoms with Crippen LogP contribution in [0.2, 0.25) is 5.02 Å². The van der Waals surface area contributed by atoms with Crippen LogP contribution >= 0.6 is 22.9 Å². The molecule has 5 rings (SSSR count). The lowest BCUT2D eigenvalue weighted by Crippen LogP contribution is -2.52. The summed E-state index contributed by atoms with van der Waals surface area (Å²) in [5.74, 6) is -1.06. The third kappa shape index (κ3) is 2.83. The summed E-state index contributed by atoms with van der Waals surface area (Å²) in [6.45, 7) is 0. The number of aromatic nitrogens is 1. The molecular formula is C19H15ClN4O2S. The number of nitrogens with zero attached hydrogens (tertiary/aromatic N) is 2. The first kappa shape index (κ1) is 16.8. The van der Waals surface area contributed by atoms with Gasteiger partial charge in [-0.05, 0) is 29.8 Å². The minimum Gasteiger partial charge on any atom is -0.299 e. The molecule has 0 bridgehead atoms. The molecule has 2 aliphatic heterocycles. The normalized spacial score (nSPS) is 25.2. The Hall–Kier alpha value is -2.32. The molecule has 3 unspecified atom stereocenters. The van der Waals surface area contributed by atoms with Crippen molar-refractivity contribution >= 4 is 50.0 Å². The van der Waals surface area contributed by atoms with Crippen molar-refractivity contribution < 1.29 is 9.59 Å². The van der Waals surface area contributed by atoms with E-state index in [1.165, 1.54) is 16.3 Å². The zero-order valence-electron chi connectivity index (χ0n) is 14.1. The van der Waals surface area contributed by atoms with Gasteiger partial charge in [0.15, 0.2) is 0 Å². The van der Waals surface area contributed by atoms with Gasteiger partial charge in [0, 0.05) is 17.5 Å². The van der Waals surface area contributed by atoms with Crippen LogP contribution in [0.3, 0.4) is 0 Å². The highest BCUT2D eigenvalue weighted by Gasteiger charge is 2.50. The standard InChI is InChI=1S/C19H15ClN4O2S/c20-11-7-5-10(6-8-11)13-9-14(25)16-17(21-13)23-24(18(16)26)19-22-12-3-1-2-4-15(12)27-19/h1-8,13,16-17,21,23H,9H2. The highest BCUT2D eigenvalue weighted by Crippen LogP contribution is 2.35. The molecule has 8 heteroatoms. The van der Waals surface area contributed by atoms with Crippen molar-refractivity contribution in [2.45, 2.75) is 18.6 Å². The van der Waals surface area contributed by atoms with E-state index < -0.39 is 12.1 Å². The summed E-state index contributed by atoms with van der Waals surface area (Å²) in [4.78, 5) is 30.1. The van der Waals surface area contributed by atoms with Crippen molar-refractivity contribution in [3.8, 4) is 0 Å². The molecule has 6 nitrogen and oxygen atoms in total. The Morgan fingerprint density at radius 2 is 1.89 bits per heavy atom. The summed E-state index contributed by atoms with van der Waals surface area (Å²) in [6.07, 6.45) is -0.185. The predicted octanol–water partition coefficient (Wildman–Crippen LogP) is 3.05. The fraction of sp³-hybridized carbons (Fsp3) is 0.211. The van der Waals surface area contributed by atoms with Crippen molar-refractivity contribution in [3.63, 3.8) is 0 Å². The number of carbonyl (C=O) groups excluding carboxylic acids is 2. The van der Waals surface area contributed by atoms with Crippen LogP contribution in [0.4, 0.5) is 5.13 Å². The van der Waals surface area contributed by atoms with Gasteiger partial charge in [0.25, 0.3) is 5.91 Å². The van der Waals surface area contributed by atoms with Crippen molar-refractivity contribution in [2.75, 3.05) is 5.01 Å². The van der Waals surface area contributed by atoms with E-state index in [1.807, 2.05) is 36.4 Å². The second-order valence-corrected chi connectivity index (χ2v) is 8.11. The molecule has 2 aliphatic rings. The Morgan fingerprint density at radius 3 is 2.67 bits per heavy atom. The number of fused-ring (bicyclic) bond motifs is 2. The maximum absolute atomic E-state index is 12.9. The molecule has 2 N–H and O–H groups in total. The van der Waals surface area contributed by atoms with Crippen LogP contribution in [0.1, 0.15) is 18.0 Å². The topological polar surface area (TPSA) is 74.3 Å². The third-order valence-electron chi connectivity index (χ3n) is 4.97. The number of carbonyl (C=O) groups is 2. The molecule has 0 radical (unpaired) electrons. The van der Waals surface area contributed by atoms with Crippen molar-refractivity contribution in [2.24, 2.45) is 5.92 Å². The summed E-state index contributed by atoms with van der Waals surface area (Å²) in [5, 5.41) is 5.99. The smallest absolute Gasteiger partial charge is 0.257 e. The Kier molecular flexibility index (Phi) is 3.98. The minimum absolute atomic E-state index is 0.0696. The van der Waals surface area contributed by atoms with Gasteiger partial charge >= 0.3 is 0 Å². The molecule has 27 heavy (non-hydrogen) atoms. The number of piperidine rings is 1. The first-order chi connectivity index (χ1) is 13.1. The number of hydrazine groups is 1. The number of halogens is 1. The molecule has 2 saturated heterocycles. The number of ketones is 1. The summed E-state index contributed by atoms with van der Waals surface area (Å²) >= 11 is 7.37. The average molecular weight is 399 g/mol. The SMILES string of the molecule is O=C1CC(c2ccc(Cl)cc2)NC2NN(c3nc4ccccc4s3)C(=O)C12. The fourth-order valence-electron chi connectivity index (χ4n) is 3.63. The quantitative estimate of drug-likeness (QED) is 0.649. The van der Waals surface area contributed by atoms with Crippen LogP contribution < -0.4 is 15.8 Å². The lowest BCUT2D eigenvalue weighted by atomic mass is 9.88. The molecule has 1 amide bonds. The molecule has 0 spiro atoms. The zero-order valence-corrected chi connectivity index (χ0v) is 15.6. The third-order valence-corrected chi connectivity index (χ3v) is 6.24. The first-order valence-electron chi connectivity index (χ1n) is 8.60. The first-order valence-corrected chi connectivity index (χ1v) is 9.79. The monoisotopic (exact) mass is 398 g/mol. The van der Waals surface area contributed by atoms with Crippen molar-refractivity contribution in [1.82, 2.24) is 15.7 Å². The largest absolute Gasteiger partial charge is 0.299 e. The zero-order chi connectivity index (χ0) is 18.5. The van der Waals surface area contributed by atoms with Gasteiger partial charge in [-0.1, -0.05) is 47.2 Å². The summed E-state index contributed by atoms with van der Waals surface area (Å²) < 4.78 is 0.996. The molecular weight excluding hydrogens is 384 g/mol.